The summed E-state index contributed by atoms with van der Waals surface area (Å²) in [6.45, 7) is 1.46. The summed E-state index contributed by atoms with van der Waals surface area (Å²) in [6, 6.07) is 5.34. The number of halogens is 2. The van der Waals surface area contributed by atoms with E-state index in [4.69, 9.17) is 11.6 Å². The molecule has 0 saturated carbocycles. The highest BCUT2D eigenvalue weighted by Gasteiger charge is 2.20. The largest absolute Gasteiger partial charge is 0.382 e. The molecule has 0 bridgehead atoms. The fraction of sp³-hybridized carbons (Fsp3) is 0.300. The van der Waals surface area contributed by atoms with Crippen LogP contribution in [0, 0.1) is 0 Å². The molecule has 0 spiro atoms. The SMILES string of the molecule is CC(O)(C=O)Cc1ccc(Br)cc1Cl. The molecule has 2 nitrogen and oxygen atoms in total. The molecule has 1 aromatic carbocycles. The van der Waals surface area contributed by atoms with Crippen molar-refractivity contribution < 1.29 is 9.90 Å². The van der Waals surface area contributed by atoms with Crippen LogP contribution in [0.5, 0.6) is 0 Å². The second kappa shape index (κ2) is 4.43. The molecule has 1 rings (SSSR count). The summed E-state index contributed by atoms with van der Waals surface area (Å²) < 4.78 is 0.872. The molecule has 0 radical (unpaired) electrons. The fourth-order valence-corrected chi connectivity index (χ4v) is 1.83. The van der Waals surface area contributed by atoms with Crippen molar-refractivity contribution >= 4 is 33.8 Å². The van der Waals surface area contributed by atoms with Crippen LogP contribution >= 0.6 is 27.5 Å². The Labute approximate surface area is 96.0 Å². The van der Waals surface area contributed by atoms with Crippen molar-refractivity contribution in [3.05, 3.63) is 33.3 Å². The third-order valence-electron chi connectivity index (χ3n) is 1.82. The minimum absolute atomic E-state index is 0.225. The summed E-state index contributed by atoms with van der Waals surface area (Å²) in [5.41, 5.74) is -0.593. The quantitative estimate of drug-likeness (QED) is 0.862. The Balaban J connectivity index is 2.92. The molecule has 1 aromatic rings. The minimum atomic E-state index is -1.35. The summed E-state index contributed by atoms with van der Waals surface area (Å²) in [5, 5.41) is 10.1. The predicted molar refractivity (Wildman–Crippen MR) is 59.5 cm³/mol. The molecular weight excluding hydrogens is 267 g/mol. The lowest BCUT2D eigenvalue weighted by atomic mass is 9.98. The first-order chi connectivity index (χ1) is 6.44. The molecule has 0 aliphatic carbocycles. The van der Waals surface area contributed by atoms with Gasteiger partial charge in [0.1, 0.15) is 5.60 Å². The Kier molecular flexibility index (Phi) is 3.70. The number of rotatable bonds is 3. The van der Waals surface area contributed by atoms with Crippen LogP contribution in [0.3, 0.4) is 0 Å². The monoisotopic (exact) mass is 276 g/mol. The van der Waals surface area contributed by atoms with E-state index in [-0.39, 0.29) is 6.42 Å². The zero-order valence-corrected chi connectivity index (χ0v) is 9.97. The van der Waals surface area contributed by atoms with Crippen LogP contribution in [0.15, 0.2) is 22.7 Å². The molecule has 14 heavy (non-hydrogen) atoms. The van der Waals surface area contributed by atoms with Crippen LogP contribution in [0.1, 0.15) is 12.5 Å². The Morgan fingerprint density at radius 3 is 2.79 bits per heavy atom. The number of benzene rings is 1. The molecule has 1 atom stereocenters. The number of aldehydes is 1. The lowest BCUT2D eigenvalue weighted by molar-refractivity contribution is -0.122. The highest BCUT2D eigenvalue weighted by atomic mass is 79.9. The molecule has 0 fully saturated rings. The van der Waals surface area contributed by atoms with Crippen molar-refractivity contribution in [1.82, 2.24) is 0 Å². The first kappa shape index (κ1) is 11.7. The van der Waals surface area contributed by atoms with Gasteiger partial charge in [-0.3, -0.25) is 0 Å². The van der Waals surface area contributed by atoms with Crippen molar-refractivity contribution in [3.63, 3.8) is 0 Å². The van der Waals surface area contributed by atoms with E-state index in [9.17, 15) is 9.90 Å². The maximum atomic E-state index is 10.5. The van der Waals surface area contributed by atoms with Crippen LogP contribution in [0.25, 0.3) is 0 Å². The van der Waals surface area contributed by atoms with Gasteiger partial charge in [-0.2, -0.15) is 0 Å². The normalized spacial score (nSPS) is 14.9. The van der Waals surface area contributed by atoms with Crippen LogP contribution in [-0.2, 0) is 11.2 Å². The van der Waals surface area contributed by atoms with E-state index in [1.54, 1.807) is 12.1 Å². The smallest absolute Gasteiger partial charge is 0.151 e. The van der Waals surface area contributed by atoms with Gasteiger partial charge in [-0.1, -0.05) is 33.6 Å². The van der Waals surface area contributed by atoms with E-state index < -0.39 is 5.60 Å². The fourth-order valence-electron chi connectivity index (χ4n) is 1.09. The molecule has 4 heteroatoms. The van der Waals surface area contributed by atoms with Gasteiger partial charge >= 0.3 is 0 Å². The van der Waals surface area contributed by atoms with E-state index in [0.29, 0.717) is 11.3 Å². The molecular formula is C10H10BrClO2. The van der Waals surface area contributed by atoms with Gasteiger partial charge < -0.3 is 9.90 Å². The molecule has 0 amide bonds. The zero-order chi connectivity index (χ0) is 10.8. The van der Waals surface area contributed by atoms with E-state index in [0.717, 1.165) is 10.0 Å². The maximum Gasteiger partial charge on any atom is 0.151 e. The van der Waals surface area contributed by atoms with Crippen molar-refractivity contribution in [2.75, 3.05) is 0 Å². The lowest BCUT2D eigenvalue weighted by Crippen LogP contribution is -2.28. The van der Waals surface area contributed by atoms with Gasteiger partial charge in [0.25, 0.3) is 0 Å². The first-order valence-electron chi connectivity index (χ1n) is 4.07. The van der Waals surface area contributed by atoms with Gasteiger partial charge in [0.15, 0.2) is 6.29 Å². The number of aliphatic hydroxyl groups is 1. The van der Waals surface area contributed by atoms with E-state index in [2.05, 4.69) is 15.9 Å². The van der Waals surface area contributed by atoms with E-state index in [1.165, 1.54) is 6.92 Å². The lowest BCUT2D eigenvalue weighted by Gasteiger charge is -2.16. The molecule has 0 aliphatic rings. The van der Waals surface area contributed by atoms with Crippen molar-refractivity contribution in [2.45, 2.75) is 18.9 Å². The highest BCUT2D eigenvalue weighted by molar-refractivity contribution is 9.10. The van der Waals surface area contributed by atoms with E-state index >= 15 is 0 Å². The van der Waals surface area contributed by atoms with E-state index in [1.807, 2.05) is 6.07 Å². The van der Waals surface area contributed by atoms with Crippen LogP contribution < -0.4 is 0 Å². The van der Waals surface area contributed by atoms with Gasteiger partial charge in [-0.05, 0) is 24.6 Å². The number of hydrogen-bond donors (Lipinski definition) is 1. The van der Waals surface area contributed by atoms with Crippen LogP contribution in [0.2, 0.25) is 5.02 Å². The van der Waals surface area contributed by atoms with Gasteiger partial charge in [0.2, 0.25) is 0 Å². The maximum absolute atomic E-state index is 10.5. The molecule has 0 heterocycles. The Hall–Kier alpha value is -0.380. The average Bonchev–Trinajstić information content (AvgIpc) is 2.10. The summed E-state index contributed by atoms with van der Waals surface area (Å²) in [7, 11) is 0. The third kappa shape index (κ3) is 3.08. The summed E-state index contributed by atoms with van der Waals surface area (Å²) in [4.78, 5) is 10.5. The summed E-state index contributed by atoms with van der Waals surface area (Å²) in [6.07, 6.45) is 0.744. The Morgan fingerprint density at radius 1 is 1.64 bits per heavy atom. The molecule has 0 aromatic heterocycles. The van der Waals surface area contributed by atoms with Crippen LogP contribution in [-0.4, -0.2) is 17.0 Å². The summed E-state index contributed by atoms with van der Waals surface area (Å²) in [5.74, 6) is 0. The molecule has 1 N–H and O–H groups in total. The average molecular weight is 278 g/mol. The van der Waals surface area contributed by atoms with Gasteiger partial charge in [0.05, 0.1) is 0 Å². The van der Waals surface area contributed by atoms with Gasteiger partial charge in [0, 0.05) is 15.9 Å². The Morgan fingerprint density at radius 2 is 2.29 bits per heavy atom. The Bertz CT molecular complexity index is 350. The van der Waals surface area contributed by atoms with Crippen molar-refractivity contribution in [1.29, 1.82) is 0 Å². The minimum Gasteiger partial charge on any atom is -0.382 e. The predicted octanol–water partition coefficient (Wildman–Crippen LogP) is 2.59. The standard InChI is InChI=1S/C10H10BrClO2/c1-10(14,6-13)5-7-2-3-8(11)4-9(7)12/h2-4,6,14H,5H2,1H3. The second-order valence-corrected chi connectivity index (χ2v) is 4.71. The number of carbonyl (C=O) groups is 1. The third-order valence-corrected chi connectivity index (χ3v) is 2.66. The second-order valence-electron chi connectivity index (χ2n) is 3.39. The molecule has 76 valence electrons. The van der Waals surface area contributed by atoms with Gasteiger partial charge in [-0.15, -0.1) is 0 Å². The zero-order valence-electron chi connectivity index (χ0n) is 7.63. The number of hydrogen-bond acceptors (Lipinski definition) is 2. The van der Waals surface area contributed by atoms with Crippen molar-refractivity contribution in [2.24, 2.45) is 0 Å². The molecule has 1 unspecified atom stereocenters. The summed E-state index contributed by atoms with van der Waals surface area (Å²) >= 11 is 9.21. The van der Waals surface area contributed by atoms with Crippen molar-refractivity contribution in [3.8, 4) is 0 Å². The van der Waals surface area contributed by atoms with Gasteiger partial charge in [-0.25, -0.2) is 0 Å². The first-order valence-corrected chi connectivity index (χ1v) is 5.24. The molecule has 0 aliphatic heterocycles. The molecule has 0 saturated heterocycles. The topological polar surface area (TPSA) is 37.3 Å². The highest BCUT2D eigenvalue weighted by Crippen LogP contribution is 2.24. The van der Waals surface area contributed by atoms with Crippen LogP contribution in [0.4, 0.5) is 0 Å². The number of carbonyl (C=O) groups excluding carboxylic acids is 1.